The number of pyridine rings is 1. The van der Waals surface area contributed by atoms with Crippen LogP contribution in [0.1, 0.15) is 10.4 Å². The highest BCUT2D eigenvalue weighted by molar-refractivity contribution is 5.77. The Hall–Kier alpha value is -3.54. The number of benzene rings is 1. The summed E-state index contributed by atoms with van der Waals surface area (Å²) in [5, 5.41) is 8.50. The van der Waals surface area contributed by atoms with Gasteiger partial charge in [0.1, 0.15) is 6.29 Å². The first kappa shape index (κ1) is 14.1. The van der Waals surface area contributed by atoms with Gasteiger partial charge >= 0.3 is 0 Å². The van der Waals surface area contributed by atoms with Crippen LogP contribution in [0.2, 0.25) is 0 Å². The Morgan fingerprint density at radius 2 is 1.38 bits per heavy atom. The number of rotatable bonds is 4. The maximum Gasteiger partial charge on any atom is 0.156 e. The number of aldehydes is 1. The van der Waals surface area contributed by atoms with E-state index in [-0.39, 0.29) is 0 Å². The highest BCUT2D eigenvalue weighted by atomic mass is 16.1. The van der Waals surface area contributed by atoms with Crippen molar-refractivity contribution in [3.05, 3.63) is 78.9 Å². The fourth-order valence-electron chi connectivity index (χ4n) is 2.47. The molecule has 0 radical (unpaired) electrons. The Balaban J connectivity index is 1.87. The molecule has 0 N–H and O–H groups in total. The molecule has 0 aliphatic carbocycles. The lowest BCUT2D eigenvalue weighted by molar-refractivity contribution is 0.112. The van der Waals surface area contributed by atoms with Gasteiger partial charge in [-0.15, -0.1) is 0 Å². The summed E-state index contributed by atoms with van der Waals surface area (Å²) in [5.74, 6) is 1.39. The zero-order valence-electron chi connectivity index (χ0n) is 12.6. The van der Waals surface area contributed by atoms with Gasteiger partial charge in [-0.3, -0.25) is 4.79 Å². The molecular formula is C18H13N5O. The van der Waals surface area contributed by atoms with E-state index < -0.39 is 0 Å². The van der Waals surface area contributed by atoms with Crippen molar-refractivity contribution in [2.45, 2.75) is 0 Å². The maximum atomic E-state index is 10.8. The molecule has 0 spiro atoms. The van der Waals surface area contributed by atoms with Crippen LogP contribution in [0, 0.1) is 0 Å². The van der Waals surface area contributed by atoms with Gasteiger partial charge in [0.2, 0.25) is 0 Å². The molecule has 6 heteroatoms. The second-order valence-corrected chi connectivity index (χ2v) is 5.21. The predicted molar refractivity (Wildman–Crippen MR) is 89.3 cm³/mol. The Kier molecular flexibility index (Phi) is 3.47. The Morgan fingerprint density at radius 1 is 0.792 bits per heavy atom. The largest absolute Gasteiger partial charge is 0.298 e. The summed E-state index contributed by atoms with van der Waals surface area (Å²) in [7, 11) is 0. The van der Waals surface area contributed by atoms with Gasteiger partial charge in [-0.1, -0.05) is 24.3 Å². The van der Waals surface area contributed by atoms with Crippen LogP contribution in [0.15, 0.2) is 73.3 Å². The second kappa shape index (κ2) is 5.92. The first-order valence-electron chi connectivity index (χ1n) is 7.41. The van der Waals surface area contributed by atoms with Crippen LogP contribution in [0.25, 0.3) is 22.8 Å². The lowest BCUT2D eigenvalue weighted by atomic mass is 10.0. The van der Waals surface area contributed by atoms with E-state index in [9.17, 15) is 4.79 Å². The lowest BCUT2D eigenvalue weighted by Gasteiger charge is -2.09. The number of nitrogens with zero attached hydrogens (tertiary/aromatic N) is 5. The molecule has 1 aromatic carbocycles. The van der Waals surface area contributed by atoms with Crippen molar-refractivity contribution >= 4 is 6.29 Å². The molecule has 0 saturated carbocycles. The van der Waals surface area contributed by atoms with Gasteiger partial charge in [-0.25, -0.2) is 14.3 Å². The lowest BCUT2D eigenvalue weighted by Crippen LogP contribution is -2.04. The molecule has 116 valence electrons. The smallest absolute Gasteiger partial charge is 0.156 e. The summed E-state index contributed by atoms with van der Waals surface area (Å²) < 4.78 is 3.41. The summed E-state index contributed by atoms with van der Waals surface area (Å²) in [5.41, 5.74) is 2.61. The van der Waals surface area contributed by atoms with Crippen molar-refractivity contribution in [3.63, 3.8) is 0 Å². The summed E-state index contributed by atoms with van der Waals surface area (Å²) in [4.78, 5) is 15.5. The molecule has 6 nitrogen and oxygen atoms in total. The van der Waals surface area contributed by atoms with E-state index in [4.69, 9.17) is 0 Å². The van der Waals surface area contributed by atoms with Crippen molar-refractivity contribution in [1.29, 1.82) is 0 Å². The topological polar surface area (TPSA) is 65.6 Å². The number of carbonyl (C=O) groups is 1. The molecule has 0 aliphatic rings. The zero-order valence-corrected chi connectivity index (χ0v) is 12.6. The minimum atomic E-state index is 0.646. The van der Waals surface area contributed by atoms with Gasteiger partial charge in [-0.05, 0) is 35.4 Å². The Bertz CT molecular complexity index is 905. The summed E-state index contributed by atoms with van der Waals surface area (Å²) in [6.07, 6.45) is 7.94. The standard InChI is InChI=1S/C18H13N5O/c24-13-14-3-5-15(6-4-14)16-11-17(22-9-1-7-19-22)21-18(12-16)23-10-2-8-20-23/h1-13H. The van der Waals surface area contributed by atoms with Gasteiger partial charge in [0, 0.05) is 30.4 Å². The molecule has 4 rings (SSSR count). The third kappa shape index (κ3) is 2.61. The van der Waals surface area contributed by atoms with Crippen LogP contribution in [0.5, 0.6) is 0 Å². The molecule has 0 amide bonds. The molecule has 4 aromatic rings. The van der Waals surface area contributed by atoms with Crippen LogP contribution in [0.4, 0.5) is 0 Å². The molecule has 0 aliphatic heterocycles. The van der Waals surface area contributed by atoms with Crippen LogP contribution < -0.4 is 0 Å². The van der Waals surface area contributed by atoms with E-state index in [1.54, 1.807) is 33.9 Å². The molecule has 0 fully saturated rings. The summed E-state index contributed by atoms with van der Waals surface area (Å²) >= 11 is 0. The fourth-order valence-corrected chi connectivity index (χ4v) is 2.47. The quantitative estimate of drug-likeness (QED) is 0.543. The van der Waals surface area contributed by atoms with Gasteiger partial charge in [0.15, 0.2) is 11.6 Å². The van der Waals surface area contributed by atoms with E-state index in [2.05, 4.69) is 15.2 Å². The van der Waals surface area contributed by atoms with E-state index in [0.717, 1.165) is 17.4 Å². The number of hydrogen-bond donors (Lipinski definition) is 0. The summed E-state index contributed by atoms with van der Waals surface area (Å²) in [6.45, 7) is 0. The highest BCUT2D eigenvalue weighted by Crippen LogP contribution is 2.24. The van der Waals surface area contributed by atoms with E-state index in [0.29, 0.717) is 17.2 Å². The number of hydrogen-bond acceptors (Lipinski definition) is 4. The van der Waals surface area contributed by atoms with Crippen molar-refractivity contribution < 1.29 is 4.79 Å². The van der Waals surface area contributed by atoms with E-state index in [1.807, 2.05) is 48.8 Å². The maximum absolute atomic E-state index is 10.8. The fraction of sp³-hybridized carbons (Fsp3) is 0. The zero-order chi connectivity index (χ0) is 16.4. The average Bonchev–Trinajstić information content (AvgIpc) is 3.35. The number of carbonyl (C=O) groups excluding carboxylic acids is 1. The minimum absolute atomic E-state index is 0.646. The van der Waals surface area contributed by atoms with Gasteiger partial charge in [0.25, 0.3) is 0 Å². The Morgan fingerprint density at radius 3 is 1.83 bits per heavy atom. The van der Waals surface area contributed by atoms with Crippen LogP contribution in [-0.4, -0.2) is 30.8 Å². The molecule has 0 bridgehead atoms. The monoisotopic (exact) mass is 315 g/mol. The predicted octanol–water partition coefficient (Wildman–Crippen LogP) is 2.93. The molecule has 0 saturated heterocycles. The normalized spacial score (nSPS) is 10.7. The van der Waals surface area contributed by atoms with Crippen molar-refractivity contribution in [2.24, 2.45) is 0 Å². The van der Waals surface area contributed by atoms with Gasteiger partial charge in [-0.2, -0.15) is 10.2 Å². The van der Waals surface area contributed by atoms with E-state index >= 15 is 0 Å². The van der Waals surface area contributed by atoms with Crippen molar-refractivity contribution in [2.75, 3.05) is 0 Å². The SMILES string of the molecule is O=Cc1ccc(-c2cc(-n3cccn3)nc(-n3cccn3)c2)cc1. The van der Waals surface area contributed by atoms with E-state index in [1.165, 1.54) is 0 Å². The first-order valence-corrected chi connectivity index (χ1v) is 7.41. The summed E-state index contributed by atoms with van der Waals surface area (Å²) in [6, 6.07) is 15.0. The Labute approximate surface area is 138 Å². The minimum Gasteiger partial charge on any atom is -0.298 e. The molecule has 3 aromatic heterocycles. The molecule has 3 heterocycles. The molecule has 0 unspecified atom stereocenters. The average molecular weight is 315 g/mol. The van der Waals surface area contributed by atoms with Crippen molar-refractivity contribution in [1.82, 2.24) is 24.5 Å². The van der Waals surface area contributed by atoms with Gasteiger partial charge in [0.05, 0.1) is 0 Å². The van der Waals surface area contributed by atoms with Crippen LogP contribution in [0.3, 0.4) is 0 Å². The molecular weight excluding hydrogens is 302 g/mol. The second-order valence-electron chi connectivity index (χ2n) is 5.21. The van der Waals surface area contributed by atoms with Gasteiger partial charge < -0.3 is 0 Å². The highest BCUT2D eigenvalue weighted by Gasteiger charge is 2.09. The van der Waals surface area contributed by atoms with Crippen LogP contribution in [-0.2, 0) is 0 Å². The third-order valence-electron chi connectivity index (χ3n) is 3.66. The van der Waals surface area contributed by atoms with Crippen LogP contribution >= 0.6 is 0 Å². The number of aromatic nitrogens is 5. The first-order chi connectivity index (χ1) is 11.8. The third-order valence-corrected chi connectivity index (χ3v) is 3.66. The molecule has 24 heavy (non-hydrogen) atoms. The van der Waals surface area contributed by atoms with Crippen molar-refractivity contribution in [3.8, 4) is 22.8 Å². The molecule has 0 atom stereocenters.